The molecule has 0 aromatic rings. The highest BCUT2D eigenvalue weighted by atomic mass is 16.2. The van der Waals surface area contributed by atoms with Gasteiger partial charge in [-0.05, 0) is 51.0 Å². The van der Waals surface area contributed by atoms with Crippen molar-refractivity contribution in [2.24, 2.45) is 5.92 Å². The number of carbonyl (C=O) groups excluding carboxylic acids is 2. The first-order chi connectivity index (χ1) is 9.72. The zero-order valence-corrected chi connectivity index (χ0v) is 12.1. The van der Waals surface area contributed by atoms with Crippen LogP contribution in [0.4, 0.5) is 4.79 Å². The summed E-state index contributed by atoms with van der Waals surface area (Å²) in [5.41, 5.74) is 0. The van der Waals surface area contributed by atoms with Crippen molar-refractivity contribution < 1.29 is 9.59 Å². The summed E-state index contributed by atoms with van der Waals surface area (Å²) in [7, 11) is 0. The number of imide groups is 1. The van der Waals surface area contributed by atoms with Crippen molar-refractivity contribution in [3.8, 4) is 0 Å². The topological polar surface area (TPSA) is 61.4 Å². The van der Waals surface area contributed by atoms with E-state index in [1.54, 1.807) is 0 Å². The quantitative estimate of drug-likeness (QED) is 0.825. The Bertz CT molecular complexity index is 379. The fourth-order valence-electron chi connectivity index (χ4n) is 3.72. The Labute approximate surface area is 120 Å². The molecular formula is C15H25N3O2. The van der Waals surface area contributed by atoms with Crippen LogP contribution in [0, 0.1) is 5.92 Å². The molecule has 0 unspecified atom stereocenters. The molecule has 2 atom stereocenters. The summed E-state index contributed by atoms with van der Waals surface area (Å²) in [5, 5.41) is 5.25. The van der Waals surface area contributed by atoms with Crippen molar-refractivity contribution in [1.82, 2.24) is 15.5 Å². The highest BCUT2D eigenvalue weighted by Gasteiger charge is 2.34. The molecule has 1 saturated heterocycles. The van der Waals surface area contributed by atoms with Gasteiger partial charge < -0.3 is 5.32 Å². The molecule has 0 spiro atoms. The van der Waals surface area contributed by atoms with Gasteiger partial charge in [-0.2, -0.15) is 0 Å². The lowest BCUT2D eigenvalue weighted by molar-refractivity contribution is -0.122. The molecule has 1 aliphatic heterocycles. The summed E-state index contributed by atoms with van der Waals surface area (Å²) in [6.45, 7) is 1.37. The molecule has 2 aliphatic carbocycles. The average Bonchev–Trinajstić information content (AvgIpc) is 3.22. The van der Waals surface area contributed by atoms with Crippen molar-refractivity contribution in [1.29, 1.82) is 0 Å². The van der Waals surface area contributed by atoms with Crippen molar-refractivity contribution in [2.75, 3.05) is 13.1 Å². The Morgan fingerprint density at radius 1 is 1.00 bits per heavy atom. The van der Waals surface area contributed by atoms with Gasteiger partial charge in [0.25, 0.3) is 0 Å². The molecule has 3 aliphatic rings. The number of likely N-dealkylation sites (tertiary alicyclic amines) is 1. The number of fused-ring (bicyclic) bond motifs is 1. The number of amides is 3. The van der Waals surface area contributed by atoms with Gasteiger partial charge in [0, 0.05) is 12.1 Å². The number of nitrogens with zero attached hydrogens (tertiary/aromatic N) is 1. The van der Waals surface area contributed by atoms with Gasteiger partial charge in [0.05, 0.1) is 6.54 Å². The van der Waals surface area contributed by atoms with Gasteiger partial charge in [-0.1, -0.05) is 12.8 Å². The van der Waals surface area contributed by atoms with E-state index in [4.69, 9.17) is 0 Å². The minimum absolute atomic E-state index is 0.158. The first-order valence-electron chi connectivity index (χ1n) is 8.07. The van der Waals surface area contributed by atoms with Crippen LogP contribution in [-0.4, -0.2) is 42.0 Å². The highest BCUT2D eigenvalue weighted by molar-refractivity contribution is 5.95. The predicted octanol–water partition coefficient (Wildman–Crippen LogP) is 1.63. The van der Waals surface area contributed by atoms with Gasteiger partial charge >= 0.3 is 6.03 Å². The second-order valence-electron chi connectivity index (χ2n) is 6.52. The van der Waals surface area contributed by atoms with E-state index < -0.39 is 0 Å². The molecule has 3 fully saturated rings. The molecule has 1 heterocycles. The number of urea groups is 1. The molecule has 3 amide bonds. The monoisotopic (exact) mass is 279 g/mol. The van der Waals surface area contributed by atoms with E-state index in [0.29, 0.717) is 18.6 Å². The largest absolute Gasteiger partial charge is 0.335 e. The molecule has 20 heavy (non-hydrogen) atoms. The minimum atomic E-state index is -0.324. The summed E-state index contributed by atoms with van der Waals surface area (Å²) in [5.74, 6) is 0.611. The first kappa shape index (κ1) is 13.9. The van der Waals surface area contributed by atoms with Crippen molar-refractivity contribution >= 4 is 11.9 Å². The number of carbonyl (C=O) groups is 2. The average molecular weight is 279 g/mol. The number of rotatable bonds is 3. The van der Waals surface area contributed by atoms with E-state index in [-0.39, 0.29) is 11.9 Å². The molecule has 0 radical (unpaired) electrons. The van der Waals surface area contributed by atoms with Crippen LogP contribution < -0.4 is 10.6 Å². The van der Waals surface area contributed by atoms with Crippen LogP contribution >= 0.6 is 0 Å². The van der Waals surface area contributed by atoms with E-state index in [0.717, 1.165) is 25.3 Å². The Hall–Kier alpha value is -1.10. The number of nitrogens with one attached hydrogen (secondary N) is 2. The van der Waals surface area contributed by atoms with Crippen molar-refractivity contribution in [3.63, 3.8) is 0 Å². The van der Waals surface area contributed by atoms with Crippen LogP contribution in [-0.2, 0) is 4.79 Å². The molecule has 2 N–H and O–H groups in total. The fraction of sp³-hybridized carbons (Fsp3) is 0.867. The van der Waals surface area contributed by atoms with Crippen LogP contribution in [0.3, 0.4) is 0 Å². The maximum atomic E-state index is 12.0. The minimum Gasteiger partial charge on any atom is -0.335 e. The van der Waals surface area contributed by atoms with Gasteiger partial charge in [0.15, 0.2) is 0 Å². The number of hydrogen-bond acceptors (Lipinski definition) is 3. The van der Waals surface area contributed by atoms with Gasteiger partial charge in [-0.3, -0.25) is 15.0 Å². The SMILES string of the molecule is O=C(CN1CCC[C@@H]2CCCC[C@H]21)NC(=O)NC1CC1. The second kappa shape index (κ2) is 6.12. The second-order valence-corrected chi connectivity index (χ2v) is 6.52. The van der Waals surface area contributed by atoms with Crippen LogP contribution in [0.2, 0.25) is 0 Å². The summed E-state index contributed by atoms with van der Waals surface area (Å²) in [6.07, 6.45) is 9.71. The maximum Gasteiger partial charge on any atom is 0.321 e. The molecular weight excluding hydrogens is 254 g/mol. The summed E-state index contributed by atoms with van der Waals surface area (Å²) >= 11 is 0. The smallest absolute Gasteiger partial charge is 0.321 e. The fourth-order valence-corrected chi connectivity index (χ4v) is 3.72. The standard InChI is InChI=1S/C15H25N3O2/c19-14(17-15(20)16-12-7-8-12)10-18-9-3-5-11-4-1-2-6-13(11)18/h11-13H,1-10H2,(H2,16,17,19,20)/t11-,13+/m0/s1. The third-order valence-electron chi connectivity index (χ3n) is 4.87. The molecule has 3 rings (SSSR count). The summed E-state index contributed by atoms with van der Waals surface area (Å²) in [6, 6.07) is 0.532. The van der Waals surface area contributed by atoms with Crippen LogP contribution in [0.5, 0.6) is 0 Å². The molecule has 0 aromatic heterocycles. The molecule has 0 aromatic carbocycles. The predicted molar refractivity (Wildman–Crippen MR) is 76.2 cm³/mol. The van der Waals surface area contributed by atoms with Crippen LogP contribution in [0.1, 0.15) is 51.4 Å². The Kier molecular flexibility index (Phi) is 4.24. The number of piperidine rings is 1. The molecule has 5 nitrogen and oxygen atoms in total. The van der Waals surface area contributed by atoms with Crippen molar-refractivity contribution in [3.05, 3.63) is 0 Å². The summed E-state index contributed by atoms with van der Waals surface area (Å²) < 4.78 is 0. The molecule has 2 saturated carbocycles. The van der Waals surface area contributed by atoms with Gasteiger partial charge in [0.1, 0.15) is 0 Å². The Balaban J connectivity index is 1.47. The molecule has 112 valence electrons. The normalized spacial score (nSPS) is 30.4. The number of hydrogen-bond donors (Lipinski definition) is 2. The lowest BCUT2D eigenvalue weighted by atomic mass is 9.78. The van der Waals surface area contributed by atoms with Crippen molar-refractivity contribution in [2.45, 2.75) is 63.5 Å². The summed E-state index contributed by atoms with van der Waals surface area (Å²) in [4.78, 5) is 25.8. The Morgan fingerprint density at radius 2 is 1.75 bits per heavy atom. The van der Waals surface area contributed by atoms with E-state index in [9.17, 15) is 9.59 Å². The third-order valence-corrected chi connectivity index (χ3v) is 4.87. The van der Waals surface area contributed by atoms with E-state index >= 15 is 0 Å². The maximum absolute atomic E-state index is 12.0. The van der Waals surface area contributed by atoms with Gasteiger partial charge in [-0.15, -0.1) is 0 Å². The third kappa shape index (κ3) is 3.51. The van der Waals surface area contributed by atoms with Crippen LogP contribution in [0.15, 0.2) is 0 Å². The zero-order valence-electron chi connectivity index (χ0n) is 12.1. The van der Waals surface area contributed by atoms with Gasteiger partial charge in [-0.25, -0.2) is 4.79 Å². The van der Waals surface area contributed by atoms with E-state index in [1.165, 1.54) is 38.5 Å². The van der Waals surface area contributed by atoms with E-state index in [1.807, 2.05) is 0 Å². The molecule has 5 heteroatoms. The lowest BCUT2D eigenvalue weighted by Gasteiger charge is -2.43. The zero-order chi connectivity index (χ0) is 13.9. The van der Waals surface area contributed by atoms with E-state index in [2.05, 4.69) is 15.5 Å². The Morgan fingerprint density at radius 3 is 2.55 bits per heavy atom. The highest BCUT2D eigenvalue weighted by Crippen LogP contribution is 2.34. The first-order valence-corrected chi connectivity index (χ1v) is 8.07. The van der Waals surface area contributed by atoms with Crippen LogP contribution in [0.25, 0.3) is 0 Å². The lowest BCUT2D eigenvalue weighted by Crippen LogP contribution is -2.52. The molecule has 0 bridgehead atoms. The van der Waals surface area contributed by atoms with Gasteiger partial charge in [0.2, 0.25) is 5.91 Å².